The van der Waals surface area contributed by atoms with Gasteiger partial charge in [-0.05, 0) is 38.0 Å². The van der Waals surface area contributed by atoms with E-state index in [0.29, 0.717) is 18.1 Å². The highest BCUT2D eigenvalue weighted by atomic mass is 35.5. The van der Waals surface area contributed by atoms with Gasteiger partial charge in [-0.25, -0.2) is 0 Å². The third-order valence-electron chi connectivity index (χ3n) is 4.32. The zero-order chi connectivity index (χ0) is 17.3. The minimum Gasteiger partial charge on any atom is -0.390 e. The number of aliphatic hydroxyl groups excluding tert-OH is 1. The van der Waals surface area contributed by atoms with Gasteiger partial charge in [-0.2, -0.15) is 0 Å². The first-order valence-electron chi connectivity index (χ1n) is 8.45. The van der Waals surface area contributed by atoms with Crippen LogP contribution in [0.2, 0.25) is 5.02 Å². The SMILES string of the molecule is CCC[C@@H](O)[C@H]1O[C@@H]2OC(C)(C)O[C@@H]2[C@H]1OCc1cccc(Cl)c1. The summed E-state index contributed by atoms with van der Waals surface area (Å²) in [6, 6.07) is 7.52. The Bertz CT molecular complexity index is 564. The minimum atomic E-state index is -0.715. The minimum absolute atomic E-state index is 0.351. The molecule has 0 radical (unpaired) electrons. The summed E-state index contributed by atoms with van der Waals surface area (Å²) in [4.78, 5) is 0. The van der Waals surface area contributed by atoms with E-state index in [0.717, 1.165) is 12.0 Å². The van der Waals surface area contributed by atoms with Gasteiger partial charge in [0.2, 0.25) is 0 Å². The second-order valence-electron chi connectivity index (χ2n) is 6.83. The van der Waals surface area contributed by atoms with Crippen LogP contribution < -0.4 is 0 Å². The van der Waals surface area contributed by atoms with Crippen molar-refractivity contribution in [1.29, 1.82) is 0 Å². The molecule has 0 spiro atoms. The van der Waals surface area contributed by atoms with Gasteiger partial charge in [0.1, 0.15) is 18.3 Å². The van der Waals surface area contributed by atoms with Crippen molar-refractivity contribution < 1.29 is 24.1 Å². The quantitative estimate of drug-likeness (QED) is 0.847. The summed E-state index contributed by atoms with van der Waals surface area (Å²) < 4.78 is 23.7. The van der Waals surface area contributed by atoms with Crippen LogP contribution in [0.15, 0.2) is 24.3 Å². The molecule has 0 aromatic heterocycles. The molecule has 0 unspecified atom stereocenters. The third kappa shape index (κ3) is 3.93. The molecule has 2 aliphatic rings. The maximum absolute atomic E-state index is 10.4. The van der Waals surface area contributed by atoms with Crippen LogP contribution in [0.1, 0.15) is 39.2 Å². The van der Waals surface area contributed by atoms with Crippen LogP contribution in [-0.2, 0) is 25.6 Å². The summed E-state index contributed by atoms with van der Waals surface area (Å²) in [5, 5.41) is 11.1. The molecular formula is C18H25ClO5. The van der Waals surface area contributed by atoms with Crippen molar-refractivity contribution in [2.24, 2.45) is 0 Å². The predicted molar refractivity (Wildman–Crippen MR) is 89.6 cm³/mol. The Morgan fingerprint density at radius 3 is 2.83 bits per heavy atom. The lowest BCUT2D eigenvalue weighted by molar-refractivity contribution is -0.230. The van der Waals surface area contributed by atoms with Crippen LogP contribution in [0, 0.1) is 0 Å². The largest absolute Gasteiger partial charge is 0.390 e. The monoisotopic (exact) mass is 356 g/mol. The molecule has 1 aromatic carbocycles. The van der Waals surface area contributed by atoms with E-state index >= 15 is 0 Å². The molecule has 1 aromatic rings. The van der Waals surface area contributed by atoms with Crippen LogP contribution in [0.25, 0.3) is 0 Å². The fourth-order valence-electron chi connectivity index (χ4n) is 3.28. The van der Waals surface area contributed by atoms with Crippen LogP contribution in [-0.4, -0.2) is 41.6 Å². The number of hydrogen-bond acceptors (Lipinski definition) is 5. The molecule has 6 heteroatoms. The number of hydrogen-bond donors (Lipinski definition) is 1. The molecule has 3 rings (SSSR count). The zero-order valence-corrected chi connectivity index (χ0v) is 15.0. The Morgan fingerprint density at radius 2 is 2.12 bits per heavy atom. The van der Waals surface area contributed by atoms with Crippen LogP contribution in [0.4, 0.5) is 0 Å². The van der Waals surface area contributed by atoms with E-state index in [2.05, 4.69) is 0 Å². The Balaban J connectivity index is 1.72. The number of aliphatic hydroxyl groups is 1. The number of benzene rings is 1. The molecule has 2 fully saturated rings. The van der Waals surface area contributed by atoms with Gasteiger partial charge >= 0.3 is 0 Å². The number of fused-ring (bicyclic) bond motifs is 1. The standard InChI is InChI=1S/C18H25ClO5/c1-4-6-13(20)14-15(16-17(22-14)24-18(2,3)23-16)21-10-11-7-5-8-12(19)9-11/h5,7-9,13-17,20H,4,6,10H2,1-3H3/t13-,14-,15+,16-,17-/m1/s1. The van der Waals surface area contributed by atoms with E-state index in [-0.39, 0.29) is 6.10 Å². The Hall–Kier alpha value is -0.690. The second kappa shape index (κ2) is 7.28. The molecule has 2 aliphatic heterocycles. The van der Waals surface area contributed by atoms with Gasteiger partial charge in [-0.1, -0.05) is 37.1 Å². The van der Waals surface area contributed by atoms with Crippen molar-refractivity contribution in [2.45, 2.75) is 76.7 Å². The Kier molecular flexibility index (Phi) is 5.49. The predicted octanol–water partition coefficient (Wildman–Crippen LogP) is 3.26. The molecule has 5 nitrogen and oxygen atoms in total. The molecule has 24 heavy (non-hydrogen) atoms. The molecule has 5 atom stereocenters. The molecule has 0 aliphatic carbocycles. The summed E-state index contributed by atoms with van der Waals surface area (Å²) >= 11 is 6.02. The first kappa shape index (κ1) is 18.1. The summed E-state index contributed by atoms with van der Waals surface area (Å²) in [6.45, 7) is 6.09. The van der Waals surface area contributed by atoms with Crippen LogP contribution in [0.5, 0.6) is 0 Å². The normalized spacial score (nSPS) is 32.7. The van der Waals surface area contributed by atoms with Crippen molar-refractivity contribution in [3.63, 3.8) is 0 Å². The van der Waals surface area contributed by atoms with Gasteiger partial charge in [-0.15, -0.1) is 0 Å². The van der Waals surface area contributed by atoms with Crippen LogP contribution in [0.3, 0.4) is 0 Å². The highest BCUT2D eigenvalue weighted by molar-refractivity contribution is 6.30. The van der Waals surface area contributed by atoms with Gasteiger partial charge in [0.25, 0.3) is 0 Å². The Labute approximate surface area is 147 Å². The molecule has 0 bridgehead atoms. The lowest BCUT2D eigenvalue weighted by Gasteiger charge is -2.28. The van der Waals surface area contributed by atoms with E-state index in [1.165, 1.54) is 0 Å². The fraction of sp³-hybridized carbons (Fsp3) is 0.667. The van der Waals surface area contributed by atoms with Gasteiger partial charge < -0.3 is 24.1 Å². The smallest absolute Gasteiger partial charge is 0.190 e. The Morgan fingerprint density at radius 1 is 1.33 bits per heavy atom. The first-order chi connectivity index (χ1) is 11.4. The van der Waals surface area contributed by atoms with Crippen molar-refractivity contribution in [1.82, 2.24) is 0 Å². The zero-order valence-electron chi connectivity index (χ0n) is 14.3. The maximum atomic E-state index is 10.4. The van der Waals surface area contributed by atoms with E-state index < -0.39 is 30.4 Å². The van der Waals surface area contributed by atoms with Crippen molar-refractivity contribution >= 4 is 11.6 Å². The summed E-state index contributed by atoms with van der Waals surface area (Å²) in [6.07, 6.45) is -0.820. The lowest BCUT2D eigenvalue weighted by atomic mass is 10.0. The van der Waals surface area contributed by atoms with Gasteiger partial charge in [0.15, 0.2) is 12.1 Å². The molecule has 0 saturated carbocycles. The van der Waals surface area contributed by atoms with E-state index in [9.17, 15) is 5.11 Å². The van der Waals surface area contributed by atoms with Crippen molar-refractivity contribution in [2.75, 3.05) is 0 Å². The molecule has 2 saturated heterocycles. The number of rotatable bonds is 6. The molecule has 2 heterocycles. The summed E-state index contributed by atoms with van der Waals surface area (Å²) in [7, 11) is 0. The second-order valence-corrected chi connectivity index (χ2v) is 7.27. The number of ether oxygens (including phenoxy) is 4. The van der Waals surface area contributed by atoms with Gasteiger partial charge in [0.05, 0.1) is 12.7 Å². The van der Waals surface area contributed by atoms with Crippen molar-refractivity contribution in [3.05, 3.63) is 34.9 Å². The molecule has 1 N–H and O–H groups in total. The highest BCUT2D eigenvalue weighted by Crippen LogP contribution is 2.40. The lowest BCUT2D eigenvalue weighted by Crippen LogP contribution is -2.42. The molecule has 0 amide bonds. The van der Waals surface area contributed by atoms with Gasteiger partial charge in [0, 0.05) is 5.02 Å². The third-order valence-corrected chi connectivity index (χ3v) is 4.56. The summed E-state index contributed by atoms with van der Waals surface area (Å²) in [5.41, 5.74) is 0.966. The van der Waals surface area contributed by atoms with E-state index in [1.54, 1.807) is 0 Å². The van der Waals surface area contributed by atoms with E-state index in [4.69, 9.17) is 30.5 Å². The number of halogens is 1. The van der Waals surface area contributed by atoms with E-state index in [1.807, 2.05) is 45.0 Å². The average Bonchev–Trinajstić information content (AvgIpc) is 2.97. The fourth-order valence-corrected chi connectivity index (χ4v) is 3.50. The molecular weight excluding hydrogens is 332 g/mol. The first-order valence-corrected chi connectivity index (χ1v) is 8.82. The highest BCUT2D eigenvalue weighted by Gasteiger charge is 2.56. The van der Waals surface area contributed by atoms with Crippen molar-refractivity contribution in [3.8, 4) is 0 Å². The van der Waals surface area contributed by atoms with Gasteiger partial charge in [-0.3, -0.25) is 0 Å². The van der Waals surface area contributed by atoms with Crippen LogP contribution >= 0.6 is 11.6 Å². The average molecular weight is 357 g/mol. The summed E-state index contributed by atoms with van der Waals surface area (Å²) in [5.74, 6) is -0.715. The topological polar surface area (TPSA) is 57.2 Å². The maximum Gasteiger partial charge on any atom is 0.190 e. The molecule has 134 valence electrons.